The predicted molar refractivity (Wildman–Crippen MR) is 363 cm³/mol. The minimum absolute atomic E-state index is 0.104. The lowest BCUT2D eigenvalue weighted by molar-refractivity contribution is -0.161. The number of carbonyl (C=O) groups is 4. The van der Waals surface area contributed by atoms with Gasteiger partial charge in [0.1, 0.15) is 19.3 Å². The second-order valence-electron chi connectivity index (χ2n) is 27.1. The summed E-state index contributed by atoms with van der Waals surface area (Å²) < 4.78 is 68.3. The molecule has 3 N–H and O–H groups in total. The van der Waals surface area contributed by atoms with E-state index in [-0.39, 0.29) is 25.7 Å². The van der Waals surface area contributed by atoms with Crippen molar-refractivity contribution in [1.82, 2.24) is 0 Å². The highest BCUT2D eigenvalue weighted by Crippen LogP contribution is 2.45. The molecule has 19 heteroatoms. The number of hydrogen-bond acceptors (Lipinski definition) is 15. The Morgan fingerprint density at radius 2 is 0.533 bits per heavy atom. The summed E-state index contributed by atoms with van der Waals surface area (Å²) in [6.07, 6.45) is 42.9. The number of aliphatic hydroxyl groups excluding tert-OH is 1. The summed E-state index contributed by atoms with van der Waals surface area (Å²) in [6, 6.07) is 0. The van der Waals surface area contributed by atoms with Crippen LogP contribution >= 0.6 is 15.6 Å². The third-order valence-corrected chi connectivity index (χ3v) is 18.9. The largest absolute Gasteiger partial charge is 0.472 e. The molecule has 5 unspecified atom stereocenters. The SMILES string of the molecule is CCC(C)CCCCCCCCCCCCC(=O)O[C@H](COC(=O)CCCCCCCCCCCCC(C)C)COP(=O)(O)OCC(O)COP(=O)(O)OC[C@@H](COC(=O)CCCCCCCCCCC(C)C)OC(=O)CCCCCCCCCCC(C)CC. The maximum atomic E-state index is 13.0. The van der Waals surface area contributed by atoms with Crippen molar-refractivity contribution >= 4 is 39.5 Å². The quantitative estimate of drug-likeness (QED) is 0.0222. The van der Waals surface area contributed by atoms with E-state index in [1.54, 1.807) is 0 Å². The Hall–Kier alpha value is -1.94. The van der Waals surface area contributed by atoms with Crippen molar-refractivity contribution in [2.75, 3.05) is 39.6 Å². The molecule has 0 aromatic heterocycles. The predicted octanol–water partition coefficient (Wildman–Crippen LogP) is 20.1. The maximum Gasteiger partial charge on any atom is 0.472 e. The number of aliphatic hydroxyl groups is 1. The van der Waals surface area contributed by atoms with Crippen molar-refractivity contribution in [3.8, 4) is 0 Å². The molecule has 534 valence electrons. The van der Waals surface area contributed by atoms with Crippen molar-refractivity contribution < 1.29 is 80.2 Å². The van der Waals surface area contributed by atoms with Gasteiger partial charge in [-0.05, 0) is 49.4 Å². The minimum atomic E-state index is -4.95. The molecule has 0 spiro atoms. The number of carbonyl (C=O) groups excluding carboxylic acids is 4. The number of esters is 4. The molecular weight excluding hydrogens is 1190 g/mol. The standard InChI is InChI=1S/C71H138O17P2/c1-9-63(7)49-41-33-25-16-12-14-18-29-37-45-53-70(75)87-66(57-81-68(73)51-43-35-27-17-13-11-15-23-31-39-47-61(3)4)59-85-89(77,78)83-55-65(72)56-84-90(79,80)86-60-67(58-82-69(74)52-44-36-28-21-19-24-32-40-48-62(5)6)88-71(76)54-46-38-30-22-20-26-34-42-50-64(8)10-2/h61-67,72H,9-60H2,1-8H3,(H,77,78)(H,79,80)/t63?,64?,65?,66-,67-/m1/s1. The Morgan fingerprint density at radius 1 is 0.311 bits per heavy atom. The zero-order valence-corrected chi connectivity index (χ0v) is 60.6. The maximum absolute atomic E-state index is 13.0. The van der Waals surface area contributed by atoms with E-state index in [4.69, 9.17) is 37.0 Å². The Morgan fingerprint density at radius 3 is 0.789 bits per heavy atom. The summed E-state index contributed by atoms with van der Waals surface area (Å²) in [7, 11) is -9.91. The summed E-state index contributed by atoms with van der Waals surface area (Å²) in [4.78, 5) is 72.6. The van der Waals surface area contributed by atoms with E-state index in [1.165, 1.54) is 154 Å². The zero-order chi connectivity index (χ0) is 66.8. The molecule has 17 nitrogen and oxygen atoms in total. The van der Waals surface area contributed by atoms with Gasteiger partial charge in [0.15, 0.2) is 12.2 Å². The fraction of sp³-hybridized carbons (Fsp3) is 0.944. The first-order valence-corrected chi connectivity index (χ1v) is 39.8. The van der Waals surface area contributed by atoms with Gasteiger partial charge in [-0.3, -0.25) is 37.3 Å². The first-order chi connectivity index (χ1) is 43.2. The molecule has 0 amide bonds. The van der Waals surface area contributed by atoms with Gasteiger partial charge in [-0.2, -0.15) is 0 Å². The topological polar surface area (TPSA) is 237 Å². The van der Waals surface area contributed by atoms with Crippen LogP contribution in [0.1, 0.15) is 351 Å². The van der Waals surface area contributed by atoms with E-state index in [2.05, 4.69) is 55.4 Å². The molecule has 0 heterocycles. The molecule has 90 heavy (non-hydrogen) atoms. The normalized spacial score (nSPS) is 14.9. The van der Waals surface area contributed by atoms with E-state index in [9.17, 15) is 43.2 Å². The van der Waals surface area contributed by atoms with Crippen LogP contribution < -0.4 is 0 Å². The lowest BCUT2D eigenvalue weighted by Crippen LogP contribution is -2.30. The molecule has 0 aliphatic carbocycles. The highest BCUT2D eigenvalue weighted by atomic mass is 31.2. The van der Waals surface area contributed by atoms with Gasteiger partial charge in [0, 0.05) is 25.7 Å². The molecule has 0 aliphatic rings. The van der Waals surface area contributed by atoms with Gasteiger partial charge >= 0.3 is 39.5 Å². The average molecular weight is 1330 g/mol. The van der Waals surface area contributed by atoms with E-state index in [0.29, 0.717) is 25.7 Å². The van der Waals surface area contributed by atoms with Crippen molar-refractivity contribution in [2.24, 2.45) is 23.7 Å². The van der Waals surface area contributed by atoms with Crippen LogP contribution in [0.5, 0.6) is 0 Å². The molecule has 0 radical (unpaired) electrons. The third-order valence-electron chi connectivity index (χ3n) is 17.0. The van der Waals surface area contributed by atoms with Gasteiger partial charge in [0.2, 0.25) is 0 Å². The number of hydrogen-bond donors (Lipinski definition) is 3. The van der Waals surface area contributed by atoms with Crippen molar-refractivity contribution in [3.05, 3.63) is 0 Å². The van der Waals surface area contributed by atoms with Crippen molar-refractivity contribution in [1.29, 1.82) is 0 Å². The molecular formula is C71H138O17P2. The van der Waals surface area contributed by atoms with Gasteiger partial charge < -0.3 is 33.8 Å². The van der Waals surface area contributed by atoms with Crippen LogP contribution in [-0.4, -0.2) is 96.7 Å². The number of phosphoric acid groups is 2. The number of phosphoric ester groups is 2. The summed E-state index contributed by atoms with van der Waals surface area (Å²) in [5, 5.41) is 10.6. The molecule has 0 rings (SSSR count). The van der Waals surface area contributed by atoms with Gasteiger partial charge in [0.05, 0.1) is 26.4 Å². The zero-order valence-electron chi connectivity index (χ0n) is 58.8. The number of unbranched alkanes of at least 4 members (excludes halogenated alkanes) is 32. The minimum Gasteiger partial charge on any atom is -0.462 e. The molecule has 7 atom stereocenters. The average Bonchev–Trinajstić information content (AvgIpc) is 3.66. The second-order valence-corrected chi connectivity index (χ2v) is 30.0. The van der Waals surface area contributed by atoms with Crippen LogP contribution in [-0.2, 0) is 65.4 Å². The summed E-state index contributed by atoms with van der Waals surface area (Å²) in [5.41, 5.74) is 0. The van der Waals surface area contributed by atoms with Gasteiger partial charge in [-0.15, -0.1) is 0 Å². The van der Waals surface area contributed by atoms with Crippen LogP contribution in [0, 0.1) is 23.7 Å². The first-order valence-electron chi connectivity index (χ1n) is 36.8. The van der Waals surface area contributed by atoms with Crippen LogP contribution in [0.2, 0.25) is 0 Å². The van der Waals surface area contributed by atoms with E-state index >= 15 is 0 Å². The van der Waals surface area contributed by atoms with Crippen molar-refractivity contribution in [3.63, 3.8) is 0 Å². The molecule has 0 aliphatic heterocycles. The van der Waals surface area contributed by atoms with E-state index in [0.717, 1.165) is 114 Å². The lowest BCUT2D eigenvalue weighted by Gasteiger charge is -2.21. The molecule has 0 aromatic rings. The molecule has 0 saturated carbocycles. The molecule has 0 fully saturated rings. The Labute approximate surface area is 549 Å². The van der Waals surface area contributed by atoms with Crippen molar-refractivity contribution in [2.45, 2.75) is 369 Å². The first kappa shape index (κ1) is 88.1. The van der Waals surface area contributed by atoms with Crippen LogP contribution in [0.4, 0.5) is 0 Å². The Kier molecular flexibility index (Phi) is 59.4. The van der Waals surface area contributed by atoms with E-state index < -0.39 is 97.5 Å². The summed E-state index contributed by atoms with van der Waals surface area (Å²) in [6.45, 7) is 14.1. The van der Waals surface area contributed by atoms with Crippen LogP contribution in [0.25, 0.3) is 0 Å². The third kappa shape index (κ3) is 62.2. The Balaban J connectivity index is 5.28. The Bertz CT molecular complexity index is 1790. The highest BCUT2D eigenvalue weighted by Gasteiger charge is 2.30. The molecule has 0 saturated heterocycles. The monoisotopic (exact) mass is 1320 g/mol. The summed E-state index contributed by atoms with van der Waals surface area (Å²) in [5.74, 6) is 0.928. The van der Waals surface area contributed by atoms with Gasteiger partial charge in [0.25, 0.3) is 0 Å². The fourth-order valence-corrected chi connectivity index (χ4v) is 12.2. The van der Waals surface area contributed by atoms with Gasteiger partial charge in [-0.1, -0.05) is 299 Å². The molecule has 0 aromatic carbocycles. The smallest absolute Gasteiger partial charge is 0.462 e. The summed E-state index contributed by atoms with van der Waals surface area (Å²) >= 11 is 0. The van der Waals surface area contributed by atoms with Crippen LogP contribution in [0.3, 0.4) is 0 Å². The number of ether oxygens (including phenoxy) is 4. The van der Waals surface area contributed by atoms with Crippen LogP contribution in [0.15, 0.2) is 0 Å². The highest BCUT2D eigenvalue weighted by molar-refractivity contribution is 7.47. The van der Waals surface area contributed by atoms with E-state index in [1.807, 2.05) is 0 Å². The lowest BCUT2D eigenvalue weighted by atomic mass is 9.99. The number of rotatable bonds is 68. The molecule has 0 bridgehead atoms. The van der Waals surface area contributed by atoms with Gasteiger partial charge in [-0.25, -0.2) is 9.13 Å². The second kappa shape index (κ2) is 60.7. The fourth-order valence-electron chi connectivity index (χ4n) is 10.6.